The molecule has 1 atom stereocenters. The molecular formula is C18H18F2N2O. The highest BCUT2D eigenvalue weighted by Crippen LogP contribution is 2.31. The lowest BCUT2D eigenvalue weighted by Gasteiger charge is -2.26. The van der Waals surface area contributed by atoms with Crippen LogP contribution in [0.2, 0.25) is 0 Å². The molecule has 0 spiro atoms. The molecule has 3 nitrogen and oxygen atoms in total. The maximum absolute atomic E-state index is 13.2. The molecule has 1 aliphatic carbocycles. The highest BCUT2D eigenvalue weighted by Gasteiger charge is 2.22. The van der Waals surface area contributed by atoms with Crippen molar-refractivity contribution in [2.75, 3.05) is 5.73 Å². The van der Waals surface area contributed by atoms with Gasteiger partial charge in [-0.1, -0.05) is 12.1 Å². The highest BCUT2D eigenvalue weighted by atomic mass is 19.2. The normalized spacial score (nSPS) is 16.7. The summed E-state index contributed by atoms with van der Waals surface area (Å²) in [7, 11) is 0. The standard InChI is InChI=1S/C18H18F2N2O/c19-15-7-4-11(8-16(15)20)9-18(23)22-17-3-1-2-12-10-13(21)5-6-14(12)17/h4-8,10,17H,1-3,9,21H2,(H,22,23). The van der Waals surface area contributed by atoms with Crippen LogP contribution in [0, 0.1) is 11.6 Å². The molecule has 23 heavy (non-hydrogen) atoms. The van der Waals surface area contributed by atoms with Gasteiger partial charge in [-0.15, -0.1) is 0 Å². The van der Waals surface area contributed by atoms with Gasteiger partial charge in [0.15, 0.2) is 11.6 Å². The summed E-state index contributed by atoms with van der Waals surface area (Å²) in [5, 5.41) is 2.98. The Hall–Kier alpha value is -2.43. The van der Waals surface area contributed by atoms with Crippen molar-refractivity contribution in [1.29, 1.82) is 0 Å². The molecule has 0 aliphatic heterocycles. The number of carbonyl (C=O) groups excluding carboxylic acids is 1. The van der Waals surface area contributed by atoms with Gasteiger partial charge in [0.1, 0.15) is 0 Å². The van der Waals surface area contributed by atoms with E-state index in [1.54, 1.807) is 0 Å². The number of anilines is 1. The average Bonchev–Trinajstić information content (AvgIpc) is 2.51. The molecule has 120 valence electrons. The zero-order valence-electron chi connectivity index (χ0n) is 12.6. The predicted molar refractivity (Wildman–Crippen MR) is 84.7 cm³/mol. The number of rotatable bonds is 3. The van der Waals surface area contributed by atoms with E-state index in [-0.39, 0.29) is 18.4 Å². The van der Waals surface area contributed by atoms with Crippen molar-refractivity contribution in [3.8, 4) is 0 Å². The number of nitrogens with one attached hydrogen (secondary N) is 1. The lowest BCUT2D eigenvalue weighted by Crippen LogP contribution is -2.32. The van der Waals surface area contributed by atoms with Crippen LogP contribution in [0.25, 0.3) is 0 Å². The van der Waals surface area contributed by atoms with Gasteiger partial charge in [0, 0.05) is 5.69 Å². The predicted octanol–water partition coefficient (Wildman–Crippen LogP) is 3.28. The van der Waals surface area contributed by atoms with Gasteiger partial charge >= 0.3 is 0 Å². The van der Waals surface area contributed by atoms with Crippen LogP contribution in [0.5, 0.6) is 0 Å². The molecule has 0 bridgehead atoms. The van der Waals surface area contributed by atoms with E-state index >= 15 is 0 Å². The Balaban J connectivity index is 1.70. The Labute approximate surface area is 133 Å². The topological polar surface area (TPSA) is 55.1 Å². The molecule has 0 heterocycles. The largest absolute Gasteiger partial charge is 0.399 e. The maximum atomic E-state index is 13.2. The quantitative estimate of drug-likeness (QED) is 0.854. The molecule has 0 radical (unpaired) electrons. The number of hydrogen-bond acceptors (Lipinski definition) is 2. The molecule has 0 saturated heterocycles. The van der Waals surface area contributed by atoms with Crippen molar-refractivity contribution in [2.45, 2.75) is 31.7 Å². The van der Waals surface area contributed by atoms with Crippen LogP contribution in [0.1, 0.15) is 35.6 Å². The van der Waals surface area contributed by atoms with E-state index in [1.807, 2.05) is 18.2 Å². The molecule has 1 amide bonds. The summed E-state index contributed by atoms with van der Waals surface area (Å²) in [5.41, 5.74) is 9.23. The van der Waals surface area contributed by atoms with Crippen LogP contribution in [0.3, 0.4) is 0 Å². The van der Waals surface area contributed by atoms with Gasteiger partial charge in [-0.05, 0) is 60.2 Å². The van der Waals surface area contributed by atoms with E-state index < -0.39 is 11.6 Å². The molecule has 0 aromatic heterocycles. The number of benzene rings is 2. The van der Waals surface area contributed by atoms with E-state index in [0.717, 1.165) is 48.2 Å². The molecule has 0 saturated carbocycles. The highest BCUT2D eigenvalue weighted by molar-refractivity contribution is 5.79. The number of halogens is 2. The van der Waals surface area contributed by atoms with Crippen LogP contribution >= 0.6 is 0 Å². The number of nitrogens with two attached hydrogens (primary N) is 1. The third-order valence-corrected chi connectivity index (χ3v) is 4.17. The Morgan fingerprint density at radius 3 is 2.78 bits per heavy atom. The lowest BCUT2D eigenvalue weighted by atomic mass is 9.87. The molecule has 3 N–H and O–H groups in total. The van der Waals surface area contributed by atoms with Crippen molar-refractivity contribution in [3.63, 3.8) is 0 Å². The monoisotopic (exact) mass is 316 g/mol. The number of aryl methyl sites for hydroxylation is 1. The fraction of sp³-hybridized carbons (Fsp3) is 0.278. The number of carbonyl (C=O) groups is 1. The summed E-state index contributed by atoms with van der Waals surface area (Å²) >= 11 is 0. The van der Waals surface area contributed by atoms with Crippen LogP contribution in [-0.4, -0.2) is 5.91 Å². The zero-order valence-corrected chi connectivity index (χ0v) is 12.6. The number of fused-ring (bicyclic) bond motifs is 1. The van der Waals surface area contributed by atoms with Crippen molar-refractivity contribution in [2.24, 2.45) is 0 Å². The molecule has 3 rings (SSSR count). The first-order valence-corrected chi connectivity index (χ1v) is 7.64. The van der Waals surface area contributed by atoms with Gasteiger partial charge in [0.25, 0.3) is 0 Å². The number of nitrogen functional groups attached to an aromatic ring is 1. The molecule has 1 unspecified atom stereocenters. The second-order valence-corrected chi connectivity index (χ2v) is 5.90. The SMILES string of the molecule is Nc1ccc2c(c1)CCCC2NC(=O)Cc1ccc(F)c(F)c1. The minimum absolute atomic E-state index is 0.0258. The van der Waals surface area contributed by atoms with Crippen molar-refractivity contribution >= 4 is 11.6 Å². The Bertz CT molecular complexity index is 746. The summed E-state index contributed by atoms with van der Waals surface area (Å²) in [6.45, 7) is 0. The van der Waals surface area contributed by atoms with Crippen LogP contribution in [-0.2, 0) is 17.6 Å². The molecular weight excluding hydrogens is 298 g/mol. The van der Waals surface area contributed by atoms with Crippen LogP contribution in [0.15, 0.2) is 36.4 Å². The van der Waals surface area contributed by atoms with Crippen molar-refractivity contribution in [3.05, 3.63) is 64.7 Å². The van der Waals surface area contributed by atoms with Gasteiger partial charge in [0.05, 0.1) is 12.5 Å². The van der Waals surface area contributed by atoms with Crippen LogP contribution < -0.4 is 11.1 Å². The first kappa shape index (κ1) is 15.5. The van der Waals surface area contributed by atoms with Gasteiger partial charge < -0.3 is 11.1 Å². The Morgan fingerprint density at radius 1 is 1.17 bits per heavy atom. The van der Waals surface area contributed by atoms with Gasteiger partial charge in [0.2, 0.25) is 5.91 Å². The maximum Gasteiger partial charge on any atom is 0.224 e. The number of hydrogen-bond donors (Lipinski definition) is 2. The third-order valence-electron chi connectivity index (χ3n) is 4.17. The second-order valence-electron chi connectivity index (χ2n) is 5.90. The first-order chi connectivity index (χ1) is 11.0. The summed E-state index contributed by atoms with van der Waals surface area (Å²) in [6.07, 6.45) is 2.82. The van der Waals surface area contributed by atoms with E-state index in [9.17, 15) is 13.6 Å². The van der Waals surface area contributed by atoms with Crippen molar-refractivity contribution < 1.29 is 13.6 Å². The van der Waals surface area contributed by atoms with E-state index in [4.69, 9.17) is 5.73 Å². The van der Waals surface area contributed by atoms with E-state index in [2.05, 4.69) is 5.32 Å². The fourth-order valence-electron chi connectivity index (χ4n) is 3.06. The third kappa shape index (κ3) is 3.50. The lowest BCUT2D eigenvalue weighted by molar-refractivity contribution is -0.121. The molecule has 0 fully saturated rings. The minimum atomic E-state index is -0.936. The zero-order chi connectivity index (χ0) is 16.4. The fourth-order valence-corrected chi connectivity index (χ4v) is 3.06. The van der Waals surface area contributed by atoms with E-state index in [0.29, 0.717) is 5.56 Å². The Kier molecular flexibility index (Phi) is 4.28. The Morgan fingerprint density at radius 2 is 2.00 bits per heavy atom. The minimum Gasteiger partial charge on any atom is -0.399 e. The van der Waals surface area contributed by atoms with Crippen molar-refractivity contribution in [1.82, 2.24) is 5.32 Å². The average molecular weight is 316 g/mol. The second kappa shape index (κ2) is 6.36. The first-order valence-electron chi connectivity index (χ1n) is 7.64. The summed E-state index contributed by atoms with van der Waals surface area (Å²) in [5.74, 6) is -2.05. The number of amides is 1. The molecule has 5 heteroatoms. The van der Waals surface area contributed by atoms with Gasteiger partial charge in [-0.3, -0.25) is 4.79 Å². The van der Waals surface area contributed by atoms with E-state index in [1.165, 1.54) is 6.07 Å². The van der Waals surface area contributed by atoms with Crippen LogP contribution in [0.4, 0.5) is 14.5 Å². The van der Waals surface area contributed by atoms with Gasteiger partial charge in [-0.2, -0.15) is 0 Å². The van der Waals surface area contributed by atoms with Gasteiger partial charge in [-0.25, -0.2) is 8.78 Å². The molecule has 1 aliphatic rings. The molecule has 2 aromatic carbocycles. The molecule has 2 aromatic rings. The summed E-state index contributed by atoms with van der Waals surface area (Å²) in [4.78, 5) is 12.2. The smallest absolute Gasteiger partial charge is 0.224 e. The summed E-state index contributed by atoms with van der Waals surface area (Å²) < 4.78 is 26.1. The summed E-state index contributed by atoms with van der Waals surface area (Å²) in [6, 6.07) is 9.19.